The summed E-state index contributed by atoms with van der Waals surface area (Å²) >= 11 is 0. The van der Waals surface area contributed by atoms with Crippen molar-refractivity contribution in [2.24, 2.45) is 11.8 Å². The number of benzene rings is 2. The molecule has 2 aliphatic heterocycles. The Morgan fingerprint density at radius 1 is 1.03 bits per heavy atom. The zero-order chi connectivity index (χ0) is 22.3. The normalized spacial score (nSPS) is 24.9. The van der Waals surface area contributed by atoms with Crippen molar-refractivity contribution < 1.29 is 34.1 Å². The molecule has 0 aliphatic carbocycles. The van der Waals surface area contributed by atoms with Crippen molar-refractivity contribution in [2.75, 3.05) is 11.5 Å². The monoisotopic (exact) mass is 424 g/mol. The van der Waals surface area contributed by atoms with Gasteiger partial charge in [0.05, 0.1) is 29.7 Å². The smallest absolute Gasteiger partial charge is 0.338 e. The van der Waals surface area contributed by atoms with Crippen LogP contribution in [0.1, 0.15) is 28.9 Å². The molecule has 2 aliphatic rings. The summed E-state index contributed by atoms with van der Waals surface area (Å²) in [4.78, 5) is 51.0. The molecule has 4 rings (SSSR count). The van der Waals surface area contributed by atoms with Gasteiger partial charge in [0.1, 0.15) is 11.8 Å². The van der Waals surface area contributed by atoms with Crippen LogP contribution in [0.2, 0.25) is 0 Å². The number of carbonyl (C=O) groups excluding carboxylic acids is 3. The van der Waals surface area contributed by atoms with Gasteiger partial charge >= 0.3 is 11.9 Å². The van der Waals surface area contributed by atoms with E-state index in [0.29, 0.717) is 5.56 Å². The van der Waals surface area contributed by atoms with Crippen LogP contribution in [0.4, 0.5) is 5.69 Å². The summed E-state index contributed by atoms with van der Waals surface area (Å²) in [6, 6.07) is 9.94. The van der Waals surface area contributed by atoms with Gasteiger partial charge in [-0.2, -0.15) is 0 Å². The number of carboxylic acids is 1. The molecule has 0 radical (unpaired) electrons. The number of nitrogens with one attached hydrogen (secondary N) is 1. The number of phenols is 1. The number of aliphatic carboxylic acids is 1. The highest BCUT2D eigenvalue weighted by atomic mass is 16.5. The molecule has 2 aromatic rings. The molecular formula is C22H20N2O7. The Bertz CT molecular complexity index is 1070. The molecule has 2 heterocycles. The van der Waals surface area contributed by atoms with E-state index in [9.17, 15) is 29.4 Å². The molecule has 3 N–H and O–H groups in total. The first-order chi connectivity index (χ1) is 14.8. The maximum atomic E-state index is 13.3. The Morgan fingerprint density at radius 3 is 2.29 bits per heavy atom. The van der Waals surface area contributed by atoms with E-state index in [1.807, 2.05) is 0 Å². The van der Waals surface area contributed by atoms with Crippen LogP contribution in [0.25, 0.3) is 0 Å². The summed E-state index contributed by atoms with van der Waals surface area (Å²) in [6.07, 6.45) is 0. The Morgan fingerprint density at radius 2 is 1.68 bits per heavy atom. The highest BCUT2D eigenvalue weighted by molar-refractivity contribution is 6.23. The summed E-state index contributed by atoms with van der Waals surface area (Å²) in [5, 5.41) is 22.7. The number of hydrogen-bond acceptors (Lipinski definition) is 7. The largest absolute Gasteiger partial charge is 0.508 e. The molecule has 0 aromatic heterocycles. The maximum Gasteiger partial charge on any atom is 0.338 e. The number of anilines is 1. The molecule has 2 amide bonds. The average Bonchev–Trinajstić information content (AvgIpc) is 3.26. The minimum atomic E-state index is -1.28. The zero-order valence-electron chi connectivity index (χ0n) is 16.5. The van der Waals surface area contributed by atoms with Gasteiger partial charge in [0.2, 0.25) is 11.8 Å². The number of esters is 1. The fourth-order valence-corrected chi connectivity index (χ4v) is 4.29. The Hall–Kier alpha value is -3.72. The zero-order valence-corrected chi connectivity index (χ0v) is 16.5. The average molecular weight is 424 g/mol. The van der Waals surface area contributed by atoms with Gasteiger partial charge in [0, 0.05) is 11.6 Å². The van der Waals surface area contributed by atoms with Crippen LogP contribution < -0.4 is 10.2 Å². The Kier molecular flexibility index (Phi) is 5.20. The first-order valence-electron chi connectivity index (χ1n) is 9.77. The predicted molar refractivity (Wildman–Crippen MR) is 107 cm³/mol. The van der Waals surface area contributed by atoms with Crippen LogP contribution in [-0.4, -0.2) is 46.6 Å². The third-order valence-electron chi connectivity index (χ3n) is 5.65. The molecule has 0 unspecified atom stereocenters. The van der Waals surface area contributed by atoms with Gasteiger partial charge in [-0.15, -0.1) is 0 Å². The number of carboxylic acid groups (broad SMARTS) is 1. The van der Waals surface area contributed by atoms with Crippen molar-refractivity contribution in [3.05, 3.63) is 59.7 Å². The summed E-state index contributed by atoms with van der Waals surface area (Å²) in [5.74, 6) is -5.21. The van der Waals surface area contributed by atoms with Crippen LogP contribution >= 0.6 is 0 Å². The van der Waals surface area contributed by atoms with Gasteiger partial charge in [-0.25, -0.2) is 9.69 Å². The van der Waals surface area contributed by atoms with E-state index >= 15 is 0 Å². The molecule has 0 bridgehead atoms. The number of para-hydroxylation sites is 1. The van der Waals surface area contributed by atoms with Crippen LogP contribution in [0.3, 0.4) is 0 Å². The minimum absolute atomic E-state index is 0.0951. The predicted octanol–water partition coefficient (Wildman–Crippen LogP) is 1.47. The third kappa shape index (κ3) is 3.32. The van der Waals surface area contributed by atoms with Crippen molar-refractivity contribution in [3.8, 4) is 5.75 Å². The fourth-order valence-electron chi connectivity index (χ4n) is 4.29. The summed E-state index contributed by atoms with van der Waals surface area (Å²) < 4.78 is 4.93. The highest BCUT2D eigenvalue weighted by Gasteiger charge is 2.61. The second-order valence-electron chi connectivity index (χ2n) is 7.35. The SMILES string of the molecule is CCOC(=O)c1ccc(N2C(=O)[C@@H]3[C@H](C2=O)[C@H](C(=O)O)N[C@@H]3c2ccccc2O)cc1. The number of hydrogen-bond donors (Lipinski definition) is 3. The third-order valence-corrected chi connectivity index (χ3v) is 5.65. The van der Waals surface area contributed by atoms with Gasteiger partial charge in [0.25, 0.3) is 0 Å². The van der Waals surface area contributed by atoms with Crippen molar-refractivity contribution in [1.82, 2.24) is 5.32 Å². The molecule has 160 valence electrons. The number of fused-ring (bicyclic) bond motifs is 1. The molecule has 9 heteroatoms. The number of carbonyl (C=O) groups is 4. The lowest BCUT2D eigenvalue weighted by Crippen LogP contribution is -2.43. The summed E-state index contributed by atoms with van der Waals surface area (Å²) in [7, 11) is 0. The van der Waals surface area contributed by atoms with Crippen molar-refractivity contribution in [2.45, 2.75) is 19.0 Å². The number of rotatable bonds is 5. The first kappa shape index (κ1) is 20.5. The lowest BCUT2D eigenvalue weighted by Gasteiger charge is -2.22. The quantitative estimate of drug-likeness (QED) is 0.485. The second-order valence-corrected chi connectivity index (χ2v) is 7.35. The van der Waals surface area contributed by atoms with Crippen molar-refractivity contribution in [3.63, 3.8) is 0 Å². The number of aromatic hydroxyl groups is 1. The lowest BCUT2D eigenvalue weighted by atomic mass is 9.86. The van der Waals surface area contributed by atoms with Crippen LogP contribution in [-0.2, 0) is 19.1 Å². The van der Waals surface area contributed by atoms with Crippen LogP contribution in [0.5, 0.6) is 5.75 Å². The van der Waals surface area contributed by atoms with Gasteiger partial charge in [-0.1, -0.05) is 18.2 Å². The molecule has 0 saturated carbocycles. The first-order valence-corrected chi connectivity index (χ1v) is 9.77. The van der Waals surface area contributed by atoms with Gasteiger partial charge < -0.3 is 14.9 Å². The van der Waals surface area contributed by atoms with E-state index in [0.717, 1.165) is 4.90 Å². The minimum Gasteiger partial charge on any atom is -0.508 e. The number of phenolic OH excluding ortho intramolecular Hbond substituents is 1. The lowest BCUT2D eigenvalue weighted by molar-refractivity contribution is -0.142. The molecule has 9 nitrogen and oxygen atoms in total. The van der Waals surface area contributed by atoms with E-state index in [1.165, 1.54) is 30.3 Å². The Balaban J connectivity index is 1.70. The van der Waals surface area contributed by atoms with E-state index in [1.54, 1.807) is 25.1 Å². The van der Waals surface area contributed by atoms with Gasteiger partial charge in [-0.05, 0) is 37.3 Å². The second kappa shape index (κ2) is 7.84. The molecule has 2 fully saturated rings. The van der Waals surface area contributed by atoms with Gasteiger partial charge in [0.15, 0.2) is 0 Å². The number of nitrogens with zero attached hydrogens (tertiary/aromatic N) is 1. The van der Waals surface area contributed by atoms with Crippen molar-refractivity contribution >= 4 is 29.4 Å². The topological polar surface area (TPSA) is 133 Å². The van der Waals surface area contributed by atoms with E-state index in [-0.39, 0.29) is 23.6 Å². The van der Waals surface area contributed by atoms with Crippen LogP contribution in [0.15, 0.2) is 48.5 Å². The molecule has 2 aromatic carbocycles. The van der Waals surface area contributed by atoms with E-state index in [2.05, 4.69) is 5.32 Å². The molecule has 2 saturated heterocycles. The van der Waals surface area contributed by atoms with Crippen molar-refractivity contribution in [1.29, 1.82) is 0 Å². The molecule has 31 heavy (non-hydrogen) atoms. The molecular weight excluding hydrogens is 404 g/mol. The molecule has 0 spiro atoms. The number of amides is 2. The van der Waals surface area contributed by atoms with E-state index in [4.69, 9.17) is 4.74 Å². The van der Waals surface area contributed by atoms with Crippen LogP contribution in [0, 0.1) is 11.8 Å². The Labute approximate surface area is 177 Å². The highest BCUT2D eigenvalue weighted by Crippen LogP contribution is 2.46. The van der Waals surface area contributed by atoms with E-state index < -0.39 is 47.7 Å². The number of imide groups is 1. The standard InChI is InChI=1S/C22H20N2O7/c1-2-31-22(30)11-7-9-12(10-8-11)24-19(26)15-16(20(24)27)18(21(28)29)23-17(15)13-5-3-4-6-14(13)25/h3-10,15-18,23,25H,2H2,1H3,(H,28,29)/t15-,16+,17-,18-/m1/s1. The number of ether oxygens (including phenoxy) is 1. The maximum absolute atomic E-state index is 13.3. The summed E-state index contributed by atoms with van der Waals surface area (Å²) in [5.41, 5.74) is 0.849. The molecule has 4 atom stereocenters. The van der Waals surface area contributed by atoms with Gasteiger partial charge in [-0.3, -0.25) is 19.7 Å². The fraction of sp³-hybridized carbons (Fsp3) is 0.273. The summed E-state index contributed by atoms with van der Waals surface area (Å²) in [6.45, 7) is 1.89.